The Morgan fingerprint density at radius 3 is 2.85 bits per heavy atom. The van der Waals surface area contributed by atoms with E-state index >= 15 is 0 Å². The SMILES string of the molecule is COC(=O)CN1C(=O)CN=C(c2ccccc2Cl)c2c1sc1c2CCCC1. The molecule has 0 atom stereocenters. The number of carbonyl (C=O) groups excluding carboxylic acids is 2. The van der Waals surface area contributed by atoms with Gasteiger partial charge >= 0.3 is 5.97 Å². The van der Waals surface area contributed by atoms with Crippen LogP contribution < -0.4 is 4.90 Å². The number of amides is 1. The first kappa shape index (κ1) is 18.2. The Morgan fingerprint density at radius 1 is 1.30 bits per heavy atom. The molecule has 0 saturated carbocycles. The maximum absolute atomic E-state index is 12.8. The highest BCUT2D eigenvalue weighted by Gasteiger charge is 2.33. The van der Waals surface area contributed by atoms with Crippen LogP contribution >= 0.6 is 22.9 Å². The van der Waals surface area contributed by atoms with E-state index in [2.05, 4.69) is 4.99 Å². The number of halogens is 1. The molecule has 1 aliphatic carbocycles. The minimum absolute atomic E-state index is 0.0201. The fraction of sp³-hybridized carbons (Fsp3) is 0.350. The number of esters is 1. The highest BCUT2D eigenvalue weighted by Crippen LogP contribution is 2.43. The topological polar surface area (TPSA) is 59.0 Å². The van der Waals surface area contributed by atoms with E-state index in [1.807, 2.05) is 24.3 Å². The largest absolute Gasteiger partial charge is 0.468 e. The molecular weight excluding hydrogens is 384 g/mol. The van der Waals surface area contributed by atoms with Gasteiger partial charge in [0.2, 0.25) is 5.91 Å². The van der Waals surface area contributed by atoms with Gasteiger partial charge in [0.15, 0.2) is 0 Å². The van der Waals surface area contributed by atoms with Gasteiger partial charge in [-0.25, -0.2) is 0 Å². The zero-order valence-corrected chi connectivity index (χ0v) is 16.5. The van der Waals surface area contributed by atoms with Gasteiger partial charge in [0.25, 0.3) is 0 Å². The third-order valence-electron chi connectivity index (χ3n) is 4.95. The van der Waals surface area contributed by atoms with Crippen LogP contribution in [0.1, 0.15) is 34.4 Å². The molecule has 0 N–H and O–H groups in total. The fourth-order valence-electron chi connectivity index (χ4n) is 3.64. The van der Waals surface area contributed by atoms with Gasteiger partial charge in [-0.05, 0) is 37.3 Å². The van der Waals surface area contributed by atoms with Gasteiger partial charge < -0.3 is 4.74 Å². The molecule has 7 heteroatoms. The molecule has 1 aromatic carbocycles. The van der Waals surface area contributed by atoms with Crippen molar-refractivity contribution in [3.8, 4) is 0 Å². The summed E-state index contributed by atoms with van der Waals surface area (Å²) in [6, 6.07) is 7.55. The van der Waals surface area contributed by atoms with Gasteiger partial charge in [0, 0.05) is 21.0 Å². The predicted molar refractivity (Wildman–Crippen MR) is 107 cm³/mol. The maximum Gasteiger partial charge on any atom is 0.325 e. The van der Waals surface area contributed by atoms with Gasteiger partial charge in [0.05, 0.1) is 12.8 Å². The van der Waals surface area contributed by atoms with Crippen molar-refractivity contribution in [2.45, 2.75) is 25.7 Å². The smallest absolute Gasteiger partial charge is 0.325 e. The summed E-state index contributed by atoms with van der Waals surface area (Å²) in [5.74, 6) is -0.649. The highest BCUT2D eigenvalue weighted by atomic mass is 35.5. The van der Waals surface area contributed by atoms with Gasteiger partial charge in [-0.15, -0.1) is 11.3 Å². The number of methoxy groups -OCH3 is 1. The lowest BCUT2D eigenvalue weighted by atomic mass is 9.91. The van der Waals surface area contributed by atoms with Crippen molar-refractivity contribution >= 4 is 45.5 Å². The first-order valence-electron chi connectivity index (χ1n) is 8.91. The lowest BCUT2D eigenvalue weighted by molar-refractivity contribution is -0.139. The van der Waals surface area contributed by atoms with Crippen molar-refractivity contribution in [2.24, 2.45) is 4.99 Å². The van der Waals surface area contributed by atoms with Gasteiger partial charge in [0.1, 0.15) is 18.1 Å². The number of fused-ring (bicyclic) bond motifs is 3. The van der Waals surface area contributed by atoms with Crippen LogP contribution in [0.5, 0.6) is 0 Å². The number of carbonyl (C=O) groups is 2. The van der Waals surface area contributed by atoms with Crippen LogP contribution in [0.15, 0.2) is 29.3 Å². The molecule has 1 amide bonds. The summed E-state index contributed by atoms with van der Waals surface area (Å²) in [5.41, 5.74) is 3.76. The van der Waals surface area contributed by atoms with Crippen molar-refractivity contribution in [3.05, 3.63) is 50.9 Å². The van der Waals surface area contributed by atoms with E-state index in [9.17, 15) is 9.59 Å². The second-order valence-electron chi connectivity index (χ2n) is 6.59. The summed E-state index contributed by atoms with van der Waals surface area (Å²) in [5, 5.41) is 1.39. The molecule has 2 aromatic rings. The van der Waals surface area contributed by atoms with Crippen molar-refractivity contribution < 1.29 is 14.3 Å². The minimum atomic E-state index is -0.443. The molecule has 0 saturated heterocycles. The number of aliphatic imine (C=N–C) groups is 1. The van der Waals surface area contributed by atoms with Gasteiger partial charge in [-0.3, -0.25) is 19.5 Å². The molecule has 4 rings (SSSR count). The van der Waals surface area contributed by atoms with Crippen molar-refractivity contribution in [1.82, 2.24) is 0 Å². The van der Waals surface area contributed by atoms with Crippen LogP contribution in [0.2, 0.25) is 5.02 Å². The predicted octanol–water partition coefficient (Wildman–Crippen LogP) is 3.64. The Labute approximate surface area is 166 Å². The second-order valence-corrected chi connectivity index (χ2v) is 8.08. The molecule has 1 aromatic heterocycles. The van der Waals surface area contributed by atoms with Crippen LogP contribution in [0.3, 0.4) is 0 Å². The number of thiophene rings is 1. The van der Waals surface area contributed by atoms with Crippen LogP contribution in [0, 0.1) is 0 Å². The molecule has 0 fully saturated rings. The molecule has 27 heavy (non-hydrogen) atoms. The summed E-state index contributed by atoms with van der Waals surface area (Å²) < 4.78 is 4.80. The Bertz CT molecular complexity index is 951. The third-order valence-corrected chi connectivity index (χ3v) is 6.60. The number of hydrogen-bond acceptors (Lipinski definition) is 5. The zero-order valence-electron chi connectivity index (χ0n) is 15.0. The maximum atomic E-state index is 12.8. The van der Waals surface area contributed by atoms with E-state index in [1.165, 1.54) is 22.5 Å². The molecule has 1 aliphatic heterocycles. The number of rotatable bonds is 3. The van der Waals surface area contributed by atoms with Gasteiger partial charge in [-0.1, -0.05) is 29.8 Å². The Kier molecular flexibility index (Phi) is 5.02. The fourth-order valence-corrected chi connectivity index (χ4v) is 5.27. The average Bonchev–Trinajstić information content (AvgIpc) is 3.00. The molecule has 2 aliphatic rings. The number of ether oxygens (including phenoxy) is 1. The lowest BCUT2D eigenvalue weighted by Gasteiger charge is -2.19. The number of anilines is 1. The molecule has 5 nitrogen and oxygen atoms in total. The molecular formula is C20H19ClN2O3S. The van der Waals surface area contributed by atoms with Crippen LogP contribution in [0.4, 0.5) is 5.00 Å². The zero-order chi connectivity index (χ0) is 19.0. The first-order valence-corrected chi connectivity index (χ1v) is 10.1. The molecule has 0 bridgehead atoms. The average molecular weight is 403 g/mol. The van der Waals surface area contributed by atoms with E-state index in [0.717, 1.165) is 47.5 Å². The van der Waals surface area contributed by atoms with E-state index in [-0.39, 0.29) is 19.0 Å². The lowest BCUT2D eigenvalue weighted by Crippen LogP contribution is -2.37. The van der Waals surface area contributed by atoms with E-state index in [4.69, 9.17) is 16.3 Å². The summed E-state index contributed by atoms with van der Waals surface area (Å²) in [6.07, 6.45) is 4.18. The summed E-state index contributed by atoms with van der Waals surface area (Å²) >= 11 is 8.05. The second kappa shape index (κ2) is 7.44. The van der Waals surface area contributed by atoms with E-state index in [0.29, 0.717) is 5.02 Å². The van der Waals surface area contributed by atoms with Crippen molar-refractivity contribution in [2.75, 3.05) is 25.1 Å². The normalized spacial score (nSPS) is 16.3. The molecule has 0 unspecified atom stereocenters. The number of benzene rings is 1. The molecule has 0 spiro atoms. The molecule has 140 valence electrons. The quantitative estimate of drug-likeness (QED) is 0.736. The summed E-state index contributed by atoms with van der Waals surface area (Å²) in [4.78, 5) is 32.1. The van der Waals surface area contributed by atoms with Crippen LogP contribution in [-0.4, -0.2) is 37.8 Å². The van der Waals surface area contributed by atoms with Crippen LogP contribution in [0.25, 0.3) is 0 Å². The van der Waals surface area contributed by atoms with Crippen molar-refractivity contribution in [3.63, 3.8) is 0 Å². The third kappa shape index (κ3) is 3.28. The van der Waals surface area contributed by atoms with Gasteiger partial charge in [-0.2, -0.15) is 0 Å². The molecule has 0 radical (unpaired) electrons. The Hall–Kier alpha value is -2.18. The Morgan fingerprint density at radius 2 is 2.07 bits per heavy atom. The summed E-state index contributed by atoms with van der Waals surface area (Å²) in [6.45, 7) is -0.124. The minimum Gasteiger partial charge on any atom is -0.468 e. The number of aryl methyl sites for hydroxylation is 1. The Balaban J connectivity index is 1.92. The van der Waals surface area contributed by atoms with Crippen LogP contribution in [-0.2, 0) is 27.2 Å². The van der Waals surface area contributed by atoms with E-state index in [1.54, 1.807) is 11.3 Å². The standard InChI is InChI=1S/C20H19ClN2O3S/c1-26-17(25)11-23-16(24)10-22-19(12-6-2-4-8-14(12)21)18-13-7-3-5-9-15(13)27-20(18)23/h2,4,6,8H,3,5,7,9-11H2,1H3. The monoisotopic (exact) mass is 402 g/mol. The number of nitrogens with zero attached hydrogens (tertiary/aromatic N) is 2. The first-order chi connectivity index (χ1) is 13.1. The van der Waals surface area contributed by atoms with Crippen molar-refractivity contribution in [1.29, 1.82) is 0 Å². The highest BCUT2D eigenvalue weighted by molar-refractivity contribution is 7.17. The molecule has 2 heterocycles. The van der Waals surface area contributed by atoms with E-state index < -0.39 is 5.97 Å². The number of hydrogen-bond donors (Lipinski definition) is 0. The summed E-state index contributed by atoms with van der Waals surface area (Å²) in [7, 11) is 1.33.